The van der Waals surface area contributed by atoms with Crippen LogP contribution < -0.4 is 5.32 Å². The van der Waals surface area contributed by atoms with Gasteiger partial charge in [-0.05, 0) is 19.4 Å². The van der Waals surface area contributed by atoms with Crippen molar-refractivity contribution in [1.82, 2.24) is 25.1 Å². The minimum absolute atomic E-state index is 0.0600. The molecule has 7 nitrogen and oxygen atoms in total. The van der Waals surface area contributed by atoms with Crippen LogP contribution in [-0.2, 0) is 22.6 Å². The Morgan fingerprint density at radius 2 is 2.28 bits per heavy atom. The number of likely N-dealkylation sites (tertiary alicyclic amines) is 1. The smallest absolute Gasteiger partial charge is 0.228 e. The molecule has 0 spiro atoms. The van der Waals surface area contributed by atoms with Gasteiger partial charge in [0, 0.05) is 63.7 Å². The monoisotopic (exact) mass is 343 g/mol. The molecule has 1 aromatic heterocycles. The van der Waals surface area contributed by atoms with Gasteiger partial charge >= 0.3 is 0 Å². The van der Waals surface area contributed by atoms with Gasteiger partial charge in [0.1, 0.15) is 5.82 Å². The molecule has 4 rings (SSSR count). The Labute approximate surface area is 147 Å². The van der Waals surface area contributed by atoms with Gasteiger partial charge in [0.2, 0.25) is 11.8 Å². The molecule has 134 valence electrons. The van der Waals surface area contributed by atoms with Crippen LogP contribution in [-0.4, -0.2) is 64.8 Å². The predicted octanol–water partition coefficient (Wildman–Crippen LogP) is 0.307. The summed E-state index contributed by atoms with van der Waals surface area (Å²) in [4.78, 5) is 37.3. The van der Waals surface area contributed by atoms with Gasteiger partial charge in [0.05, 0.1) is 11.6 Å². The molecular formula is C18H25N5O2. The molecule has 25 heavy (non-hydrogen) atoms. The Kier molecular flexibility index (Phi) is 4.41. The topological polar surface area (TPSA) is 78.4 Å². The van der Waals surface area contributed by atoms with E-state index in [1.165, 1.54) is 6.42 Å². The van der Waals surface area contributed by atoms with E-state index in [2.05, 4.69) is 10.3 Å². The van der Waals surface area contributed by atoms with Crippen molar-refractivity contribution in [3.05, 3.63) is 23.3 Å². The molecule has 2 fully saturated rings. The molecule has 7 heteroatoms. The van der Waals surface area contributed by atoms with Crippen molar-refractivity contribution >= 4 is 11.8 Å². The average molecular weight is 343 g/mol. The lowest BCUT2D eigenvalue weighted by molar-refractivity contribution is -0.136. The fourth-order valence-corrected chi connectivity index (χ4v) is 4.08. The van der Waals surface area contributed by atoms with Crippen molar-refractivity contribution in [2.45, 2.75) is 38.1 Å². The number of hydrogen-bond acceptors (Lipinski definition) is 5. The van der Waals surface area contributed by atoms with Gasteiger partial charge in [-0.2, -0.15) is 0 Å². The van der Waals surface area contributed by atoms with Crippen LogP contribution in [0.15, 0.2) is 6.20 Å². The first-order valence-corrected chi connectivity index (χ1v) is 9.20. The zero-order valence-corrected chi connectivity index (χ0v) is 14.7. The third-order valence-electron chi connectivity index (χ3n) is 5.62. The van der Waals surface area contributed by atoms with Crippen molar-refractivity contribution in [2.75, 3.05) is 33.2 Å². The maximum absolute atomic E-state index is 12.7. The largest absolute Gasteiger partial charge is 0.345 e. The number of carbonyl (C=O) groups is 2. The zero-order valence-electron chi connectivity index (χ0n) is 14.7. The van der Waals surface area contributed by atoms with Gasteiger partial charge in [-0.25, -0.2) is 9.97 Å². The summed E-state index contributed by atoms with van der Waals surface area (Å²) in [5.41, 5.74) is 2.13. The molecular weight excluding hydrogens is 318 g/mol. The van der Waals surface area contributed by atoms with E-state index < -0.39 is 0 Å². The Morgan fingerprint density at radius 1 is 1.40 bits per heavy atom. The highest BCUT2D eigenvalue weighted by Gasteiger charge is 2.36. The number of nitrogens with one attached hydrogen (secondary N) is 1. The van der Waals surface area contributed by atoms with Crippen LogP contribution in [0.25, 0.3) is 0 Å². The second-order valence-electron chi connectivity index (χ2n) is 7.43. The molecule has 0 aliphatic carbocycles. The second-order valence-corrected chi connectivity index (χ2v) is 7.43. The predicted molar refractivity (Wildman–Crippen MR) is 91.7 cm³/mol. The van der Waals surface area contributed by atoms with Crippen molar-refractivity contribution in [3.8, 4) is 0 Å². The second kappa shape index (κ2) is 6.71. The van der Waals surface area contributed by atoms with Gasteiger partial charge in [-0.3, -0.25) is 9.59 Å². The molecule has 2 atom stereocenters. The standard InChI is InChI=1S/C18H25N5O2/c1-22-10-13(7-16(22)24)18(25)23-6-4-15-14(11-23)9-20-17(21-15)12-3-2-5-19-8-12/h9,12-13,19H,2-8,10-11H2,1H3/t12-,13+/m1/s1. The molecule has 4 heterocycles. The molecule has 1 aromatic rings. The first kappa shape index (κ1) is 16.4. The van der Waals surface area contributed by atoms with Crippen LogP contribution in [0.1, 0.15) is 42.3 Å². The summed E-state index contributed by atoms with van der Waals surface area (Å²) in [7, 11) is 1.76. The van der Waals surface area contributed by atoms with Crippen molar-refractivity contribution < 1.29 is 9.59 Å². The molecule has 0 unspecified atom stereocenters. The Balaban J connectivity index is 1.44. The Morgan fingerprint density at radius 3 is 3.00 bits per heavy atom. The van der Waals surface area contributed by atoms with Gasteiger partial charge in [0.25, 0.3) is 0 Å². The highest BCUT2D eigenvalue weighted by atomic mass is 16.2. The van der Waals surface area contributed by atoms with Gasteiger partial charge in [0.15, 0.2) is 0 Å². The first-order chi connectivity index (χ1) is 12.1. The average Bonchev–Trinajstić information content (AvgIpc) is 2.99. The third kappa shape index (κ3) is 3.25. The summed E-state index contributed by atoms with van der Waals surface area (Å²) < 4.78 is 0. The molecule has 1 N–H and O–H groups in total. The molecule has 0 bridgehead atoms. The van der Waals surface area contributed by atoms with Gasteiger partial charge in [-0.15, -0.1) is 0 Å². The molecule has 3 aliphatic heterocycles. The van der Waals surface area contributed by atoms with E-state index in [4.69, 9.17) is 4.98 Å². The summed E-state index contributed by atoms with van der Waals surface area (Å²) in [5.74, 6) is 1.29. The van der Waals surface area contributed by atoms with Crippen LogP contribution in [0.5, 0.6) is 0 Å². The summed E-state index contributed by atoms with van der Waals surface area (Å²) in [6.45, 7) is 3.81. The summed E-state index contributed by atoms with van der Waals surface area (Å²) in [6.07, 6.45) is 5.31. The summed E-state index contributed by atoms with van der Waals surface area (Å²) >= 11 is 0. The lowest BCUT2D eigenvalue weighted by Crippen LogP contribution is -2.41. The van der Waals surface area contributed by atoms with Crippen LogP contribution in [0, 0.1) is 5.92 Å². The number of carbonyl (C=O) groups excluding carboxylic acids is 2. The fourth-order valence-electron chi connectivity index (χ4n) is 4.08. The first-order valence-electron chi connectivity index (χ1n) is 9.20. The highest BCUT2D eigenvalue weighted by molar-refractivity contribution is 5.89. The zero-order chi connectivity index (χ0) is 17.4. The van der Waals surface area contributed by atoms with Crippen molar-refractivity contribution in [1.29, 1.82) is 0 Å². The van der Waals surface area contributed by atoms with Crippen LogP contribution in [0.2, 0.25) is 0 Å². The fraction of sp³-hybridized carbons (Fsp3) is 0.667. The molecule has 2 amide bonds. The van der Waals surface area contributed by atoms with E-state index in [-0.39, 0.29) is 17.7 Å². The van der Waals surface area contributed by atoms with Gasteiger partial charge < -0.3 is 15.1 Å². The van der Waals surface area contributed by atoms with Crippen LogP contribution in [0.4, 0.5) is 0 Å². The number of fused-ring (bicyclic) bond motifs is 1. The van der Waals surface area contributed by atoms with E-state index in [0.717, 1.165) is 43.0 Å². The SMILES string of the molecule is CN1C[C@@H](C(=O)N2CCc3nc([C@@H]4CCCNC4)ncc3C2)CC1=O. The summed E-state index contributed by atoms with van der Waals surface area (Å²) in [6, 6.07) is 0. The minimum atomic E-state index is -0.201. The highest BCUT2D eigenvalue weighted by Crippen LogP contribution is 2.25. The van der Waals surface area contributed by atoms with E-state index in [1.54, 1.807) is 11.9 Å². The molecule has 0 radical (unpaired) electrons. The normalized spacial score (nSPS) is 26.7. The molecule has 0 aromatic carbocycles. The quantitative estimate of drug-likeness (QED) is 0.836. The number of amides is 2. The number of piperidine rings is 1. The van der Waals surface area contributed by atoms with E-state index >= 15 is 0 Å². The Hall–Kier alpha value is -2.02. The van der Waals surface area contributed by atoms with Crippen molar-refractivity contribution in [3.63, 3.8) is 0 Å². The lowest BCUT2D eigenvalue weighted by atomic mass is 9.97. The number of aromatic nitrogens is 2. The van der Waals surface area contributed by atoms with Crippen LogP contribution >= 0.6 is 0 Å². The molecule has 2 saturated heterocycles. The molecule has 0 saturated carbocycles. The number of nitrogens with zero attached hydrogens (tertiary/aromatic N) is 4. The maximum Gasteiger partial charge on any atom is 0.228 e. The van der Waals surface area contributed by atoms with E-state index in [0.29, 0.717) is 32.0 Å². The van der Waals surface area contributed by atoms with E-state index in [1.807, 2.05) is 11.1 Å². The lowest BCUT2D eigenvalue weighted by Gasteiger charge is -2.30. The van der Waals surface area contributed by atoms with Crippen molar-refractivity contribution in [2.24, 2.45) is 5.92 Å². The molecule has 3 aliphatic rings. The Bertz CT molecular complexity index is 686. The minimum Gasteiger partial charge on any atom is -0.345 e. The maximum atomic E-state index is 12.7. The summed E-state index contributed by atoms with van der Waals surface area (Å²) in [5, 5.41) is 3.41. The third-order valence-corrected chi connectivity index (χ3v) is 5.62. The van der Waals surface area contributed by atoms with Gasteiger partial charge in [-0.1, -0.05) is 0 Å². The van der Waals surface area contributed by atoms with E-state index in [9.17, 15) is 9.59 Å². The number of rotatable bonds is 2. The number of hydrogen-bond donors (Lipinski definition) is 1. The van der Waals surface area contributed by atoms with Crippen LogP contribution in [0.3, 0.4) is 0 Å².